The monoisotopic (exact) mass is 406 g/mol. The van der Waals surface area contributed by atoms with E-state index in [4.69, 9.17) is 4.74 Å². The van der Waals surface area contributed by atoms with Crippen molar-refractivity contribution in [3.8, 4) is 11.3 Å². The van der Waals surface area contributed by atoms with Crippen LogP contribution in [0.2, 0.25) is 0 Å². The van der Waals surface area contributed by atoms with E-state index < -0.39 is 11.6 Å². The van der Waals surface area contributed by atoms with Gasteiger partial charge in [-0.1, -0.05) is 42.5 Å². The molecule has 5 nitrogen and oxygen atoms in total. The van der Waals surface area contributed by atoms with Crippen LogP contribution in [0.5, 0.6) is 0 Å². The second kappa shape index (κ2) is 7.79. The molecule has 1 amide bonds. The zero-order chi connectivity index (χ0) is 20.4. The lowest BCUT2D eigenvalue weighted by molar-refractivity contribution is -0.139. The summed E-state index contributed by atoms with van der Waals surface area (Å²) in [7, 11) is 0. The highest BCUT2D eigenvalue weighted by Gasteiger charge is 2.42. The fourth-order valence-electron chi connectivity index (χ4n) is 3.50. The van der Waals surface area contributed by atoms with Gasteiger partial charge in [0.1, 0.15) is 0 Å². The maximum atomic E-state index is 12.7. The van der Waals surface area contributed by atoms with E-state index in [1.54, 1.807) is 30.4 Å². The van der Waals surface area contributed by atoms with Crippen LogP contribution in [-0.4, -0.2) is 29.0 Å². The molecule has 1 aliphatic heterocycles. The normalized spacial score (nSPS) is 18.1. The van der Waals surface area contributed by atoms with E-state index in [0.29, 0.717) is 24.9 Å². The highest BCUT2D eigenvalue weighted by atomic mass is 32.1. The fraction of sp³-hybridized carbons (Fsp3) is 0.261. The minimum Gasteiger partial charge on any atom is -0.445 e. The van der Waals surface area contributed by atoms with Crippen LogP contribution in [0.15, 0.2) is 53.9 Å². The molecule has 0 aliphatic carbocycles. The summed E-state index contributed by atoms with van der Waals surface area (Å²) < 4.78 is 5.47. The molecule has 0 fully saturated rings. The molecule has 2 aromatic carbocycles. The van der Waals surface area contributed by atoms with E-state index in [2.05, 4.69) is 27.8 Å². The molecule has 1 N–H and O–H groups in total. The lowest BCUT2D eigenvalue weighted by Crippen LogP contribution is -2.52. The molecule has 0 saturated carbocycles. The standard InChI is InChI=1S/C23H22N2O3S/c1-15-25-20(14-29-15)17-9-7-16(8-10-17)11-12-24-22(27)23(2)13-18-5-3-4-6-19(18)21(26)28-23/h3-10,14H,11-13H2,1-2H3,(H,24,27). The van der Waals surface area contributed by atoms with E-state index in [0.717, 1.165) is 27.4 Å². The van der Waals surface area contributed by atoms with Gasteiger partial charge in [-0.2, -0.15) is 0 Å². The first-order chi connectivity index (χ1) is 13.9. The van der Waals surface area contributed by atoms with Crippen molar-refractivity contribution in [1.82, 2.24) is 10.3 Å². The summed E-state index contributed by atoms with van der Waals surface area (Å²) in [6, 6.07) is 15.5. The molecule has 2 heterocycles. The van der Waals surface area contributed by atoms with Gasteiger partial charge in [0.25, 0.3) is 5.91 Å². The Bertz CT molecular complexity index is 1060. The number of rotatable bonds is 5. The van der Waals surface area contributed by atoms with Gasteiger partial charge in [-0.3, -0.25) is 4.79 Å². The van der Waals surface area contributed by atoms with Crippen molar-refractivity contribution in [1.29, 1.82) is 0 Å². The number of amides is 1. The first kappa shape index (κ1) is 19.3. The average molecular weight is 407 g/mol. The molecule has 6 heteroatoms. The topological polar surface area (TPSA) is 68.3 Å². The van der Waals surface area contributed by atoms with Gasteiger partial charge in [-0.25, -0.2) is 9.78 Å². The number of esters is 1. The van der Waals surface area contributed by atoms with Crippen molar-refractivity contribution in [3.05, 3.63) is 75.6 Å². The largest absolute Gasteiger partial charge is 0.445 e. The minimum atomic E-state index is -1.18. The molecular formula is C23H22N2O3S. The first-order valence-corrected chi connectivity index (χ1v) is 10.4. The van der Waals surface area contributed by atoms with E-state index in [1.165, 1.54) is 0 Å². The lowest BCUT2D eigenvalue weighted by atomic mass is 9.89. The van der Waals surface area contributed by atoms with Crippen molar-refractivity contribution < 1.29 is 14.3 Å². The van der Waals surface area contributed by atoms with Gasteiger partial charge < -0.3 is 10.1 Å². The number of cyclic esters (lactones) is 1. The lowest BCUT2D eigenvalue weighted by Gasteiger charge is -2.33. The second-order valence-corrected chi connectivity index (χ2v) is 8.47. The first-order valence-electron chi connectivity index (χ1n) is 9.56. The molecule has 0 radical (unpaired) electrons. The molecule has 0 bridgehead atoms. The van der Waals surface area contributed by atoms with Crippen LogP contribution in [0.1, 0.15) is 33.4 Å². The second-order valence-electron chi connectivity index (χ2n) is 7.41. The molecule has 1 aromatic heterocycles. The third-order valence-corrected chi connectivity index (χ3v) is 5.90. The molecule has 0 saturated heterocycles. The van der Waals surface area contributed by atoms with Crippen LogP contribution < -0.4 is 5.32 Å². The highest BCUT2D eigenvalue weighted by Crippen LogP contribution is 2.28. The SMILES string of the molecule is Cc1nc(-c2ccc(CCNC(=O)C3(C)Cc4ccccc4C(=O)O3)cc2)cs1. The van der Waals surface area contributed by atoms with Gasteiger partial charge in [0.05, 0.1) is 16.3 Å². The van der Waals surface area contributed by atoms with Crippen molar-refractivity contribution >= 4 is 23.2 Å². The van der Waals surface area contributed by atoms with Crippen LogP contribution in [0.25, 0.3) is 11.3 Å². The molecule has 1 aliphatic rings. The predicted molar refractivity (Wildman–Crippen MR) is 113 cm³/mol. The van der Waals surface area contributed by atoms with Crippen molar-refractivity contribution in [2.45, 2.75) is 32.3 Å². The molecule has 4 rings (SSSR count). The summed E-state index contributed by atoms with van der Waals surface area (Å²) in [6.45, 7) is 4.14. The number of aromatic nitrogens is 1. The minimum absolute atomic E-state index is 0.269. The number of hydrogen-bond donors (Lipinski definition) is 1. The number of carbonyl (C=O) groups is 2. The summed E-state index contributed by atoms with van der Waals surface area (Å²) in [5, 5.41) is 6.01. The van der Waals surface area contributed by atoms with E-state index in [9.17, 15) is 9.59 Å². The van der Waals surface area contributed by atoms with Crippen LogP contribution in [0, 0.1) is 6.92 Å². The Morgan fingerprint density at radius 3 is 2.69 bits per heavy atom. The predicted octanol–water partition coefficient (Wildman–Crippen LogP) is 3.95. The summed E-state index contributed by atoms with van der Waals surface area (Å²) in [4.78, 5) is 29.5. The molecule has 148 valence electrons. The average Bonchev–Trinajstić information content (AvgIpc) is 3.14. The van der Waals surface area contributed by atoms with Crippen molar-refractivity contribution in [3.63, 3.8) is 0 Å². The van der Waals surface area contributed by atoms with Gasteiger partial charge in [-0.15, -0.1) is 11.3 Å². The fourth-order valence-corrected chi connectivity index (χ4v) is 4.13. The summed E-state index contributed by atoms with van der Waals surface area (Å²) in [5.41, 5.74) is 3.39. The van der Waals surface area contributed by atoms with E-state index in [1.807, 2.05) is 31.2 Å². The molecule has 29 heavy (non-hydrogen) atoms. The summed E-state index contributed by atoms with van der Waals surface area (Å²) in [6.07, 6.45) is 1.07. The number of hydrogen-bond acceptors (Lipinski definition) is 5. The Morgan fingerprint density at radius 1 is 1.21 bits per heavy atom. The molecule has 1 atom stereocenters. The Morgan fingerprint density at radius 2 is 1.97 bits per heavy atom. The third kappa shape index (κ3) is 4.07. The number of carbonyl (C=O) groups excluding carboxylic acids is 2. The maximum absolute atomic E-state index is 12.7. The Hall–Kier alpha value is -2.99. The number of nitrogens with one attached hydrogen (secondary N) is 1. The van der Waals surface area contributed by atoms with E-state index in [-0.39, 0.29) is 5.91 Å². The molecule has 3 aromatic rings. The number of thiazole rings is 1. The maximum Gasteiger partial charge on any atom is 0.339 e. The summed E-state index contributed by atoms with van der Waals surface area (Å²) >= 11 is 1.64. The number of nitrogens with zero attached hydrogens (tertiary/aromatic N) is 1. The summed E-state index contributed by atoms with van der Waals surface area (Å²) in [5.74, 6) is -0.715. The van der Waals surface area contributed by atoms with Crippen LogP contribution in [-0.2, 0) is 22.4 Å². The van der Waals surface area contributed by atoms with Gasteiger partial charge in [0.2, 0.25) is 0 Å². The zero-order valence-electron chi connectivity index (χ0n) is 16.4. The number of fused-ring (bicyclic) bond motifs is 1. The van der Waals surface area contributed by atoms with E-state index >= 15 is 0 Å². The van der Waals surface area contributed by atoms with Crippen LogP contribution in [0.4, 0.5) is 0 Å². The Kier molecular flexibility index (Phi) is 5.20. The van der Waals surface area contributed by atoms with Gasteiger partial charge in [0.15, 0.2) is 5.60 Å². The smallest absolute Gasteiger partial charge is 0.339 e. The van der Waals surface area contributed by atoms with Crippen LogP contribution in [0.3, 0.4) is 0 Å². The van der Waals surface area contributed by atoms with Crippen molar-refractivity contribution in [2.24, 2.45) is 0 Å². The highest BCUT2D eigenvalue weighted by molar-refractivity contribution is 7.09. The number of aryl methyl sites for hydroxylation is 1. The van der Waals surface area contributed by atoms with Gasteiger partial charge in [0, 0.05) is 23.9 Å². The number of ether oxygens (including phenoxy) is 1. The Labute approximate surface area is 173 Å². The quantitative estimate of drug-likeness (QED) is 0.652. The third-order valence-electron chi connectivity index (χ3n) is 5.13. The molecule has 1 unspecified atom stereocenters. The van der Waals surface area contributed by atoms with Crippen molar-refractivity contribution in [2.75, 3.05) is 6.54 Å². The Balaban J connectivity index is 1.35. The van der Waals surface area contributed by atoms with Gasteiger partial charge >= 0.3 is 5.97 Å². The molecular weight excluding hydrogens is 384 g/mol. The van der Waals surface area contributed by atoms with Gasteiger partial charge in [-0.05, 0) is 37.5 Å². The molecule has 0 spiro atoms. The zero-order valence-corrected chi connectivity index (χ0v) is 17.2. The van der Waals surface area contributed by atoms with Crippen LogP contribution >= 0.6 is 11.3 Å². The number of benzene rings is 2.